The molecular weight excluding hydrogens is 308 g/mol. The standard InChI is InChI=1S/C22H30N2O/c1-18(2)12-16-25-21-10-5-9-20(17-21)23-13-15-24-14-6-8-19-7-3-4-11-22(19)24/h3-5,7,9-11,17-18,23H,6,8,12-16H2,1-2H3. The first kappa shape index (κ1) is 17.7. The summed E-state index contributed by atoms with van der Waals surface area (Å²) in [6.07, 6.45) is 3.54. The summed E-state index contributed by atoms with van der Waals surface area (Å²) in [6.45, 7) is 8.34. The average molecular weight is 338 g/mol. The molecule has 0 radical (unpaired) electrons. The van der Waals surface area contributed by atoms with Crippen molar-refractivity contribution >= 4 is 11.4 Å². The number of nitrogens with zero attached hydrogens (tertiary/aromatic N) is 1. The molecule has 1 aliphatic rings. The molecule has 0 atom stereocenters. The molecule has 1 aliphatic heterocycles. The van der Waals surface area contributed by atoms with Gasteiger partial charge in [-0.2, -0.15) is 0 Å². The Labute approximate surface area is 152 Å². The van der Waals surface area contributed by atoms with E-state index in [1.54, 1.807) is 0 Å². The normalized spacial score (nSPS) is 13.6. The minimum absolute atomic E-state index is 0.675. The topological polar surface area (TPSA) is 24.5 Å². The number of aryl methyl sites for hydroxylation is 1. The van der Waals surface area contributed by atoms with E-state index < -0.39 is 0 Å². The summed E-state index contributed by atoms with van der Waals surface area (Å²) in [6, 6.07) is 17.1. The minimum atomic E-state index is 0.675. The largest absolute Gasteiger partial charge is 0.494 e. The first-order chi connectivity index (χ1) is 12.2. The highest BCUT2D eigenvalue weighted by Gasteiger charge is 2.15. The Balaban J connectivity index is 1.49. The SMILES string of the molecule is CC(C)CCOc1cccc(NCCN2CCCc3ccccc32)c1. The molecule has 0 saturated carbocycles. The molecule has 2 aromatic carbocycles. The lowest BCUT2D eigenvalue weighted by Gasteiger charge is -2.31. The first-order valence-electron chi connectivity index (χ1n) is 9.52. The number of benzene rings is 2. The molecule has 3 nitrogen and oxygen atoms in total. The van der Waals surface area contributed by atoms with E-state index >= 15 is 0 Å². The fraction of sp³-hybridized carbons (Fsp3) is 0.455. The van der Waals surface area contributed by atoms with Gasteiger partial charge < -0.3 is 15.0 Å². The van der Waals surface area contributed by atoms with Crippen LogP contribution in [0.2, 0.25) is 0 Å². The molecule has 0 aromatic heterocycles. The van der Waals surface area contributed by atoms with Gasteiger partial charge in [0.2, 0.25) is 0 Å². The molecule has 3 heteroatoms. The van der Waals surface area contributed by atoms with Crippen LogP contribution in [0.1, 0.15) is 32.3 Å². The molecule has 0 spiro atoms. The zero-order valence-corrected chi connectivity index (χ0v) is 15.5. The van der Waals surface area contributed by atoms with Gasteiger partial charge in [-0.15, -0.1) is 0 Å². The van der Waals surface area contributed by atoms with E-state index in [9.17, 15) is 0 Å². The molecule has 0 amide bonds. The molecule has 3 rings (SSSR count). The van der Waals surface area contributed by atoms with Gasteiger partial charge in [0.05, 0.1) is 6.61 Å². The summed E-state index contributed by atoms with van der Waals surface area (Å²) in [4.78, 5) is 2.49. The number of nitrogens with one attached hydrogen (secondary N) is 1. The van der Waals surface area contributed by atoms with Crippen LogP contribution in [0.5, 0.6) is 5.75 Å². The van der Waals surface area contributed by atoms with Crippen molar-refractivity contribution in [2.45, 2.75) is 33.1 Å². The summed E-state index contributed by atoms with van der Waals surface area (Å²) in [7, 11) is 0. The molecule has 0 aliphatic carbocycles. The number of hydrogen-bond donors (Lipinski definition) is 1. The van der Waals surface area contributed by atoms with Crippen LogP contribution < -0.4 is 15.0 Å². The molecule has 134 valence electrons. The second-order valence-corrected chi connectivity index (χ2v) is 7.20. The zero-order valence-electron chi connectivity index (χ0n) is 15.5. The van der Waals surface area contributed by atoms with Crippen molar-refractivity contribution in [3.05, 3.63) is 54.1 Å². The second kappa shape index (κ2) is 8.80. The Bertz CT molecular complexity index is 669. The third-order valence-electron chi connectivity index (χ3n) is 4.72. The molecule has 2 aromatic rings. The van der Waals surface area contributed by atoms with E-state index in [0.717, 1.165) is 44.1 Å². The molecule has 0 saturated heterocycles. The van der Waals surface area contributed by atoms with E-state index in [1.165, 1.54) is 24.1 Å². The van der Waals surface area contributed by atoms with Crippen LogP contribution in [0.25, 0.3) is 0 Å². The molecule has 25 heavy (non-hydrogen) atoms. The summed E-state index contributed by atoms with van der Waals surface area (Å²) >= 11 is 0. The number of anilines is 2. The number of rotatable bonds is 8. The average Bonchev–Trinajstić information content (AvgIpc) is 2.62. The number of hydrogen-bond acceptors (Lipinski definition) is 3. The minimum Gasteiger partial charge on any atom is -0.494 e. The van der Waals surface area contributed by atoms with Crippen LogP contribution in [0, 0.1) is 5.92 Å². The number of para-hydroxylation sites is 1. The molecule has 1 N–H and O–H groups in total. The van der Waals surface area contributed by atoms with Gasteiger partial charge in [-0.1, -0.05) is 38.1 Å². The van der Waals surface area contributed by atoms with E-state index in [0.29, 0.717) is 5.92 Å². The molecular formula is C22H30N2O. The summed E-state index contributed by atoms with van der Waals surface area (Å²) < 4.78 is 5.85. The highest BCUT2D eigenvalue weighted by atomic mass is 16.5. The monoisotopic (exact) mass is 338 g/mol. The van der Waals surface area contributed by atoms with Crippen LogP contribution >= 0.6 is 0 Å². The number of ether oxygens (including phenoxy) is 1. The molecule has 0 bridgehead atoms. The van der Waals surface area contributed by atoms with Crippen molar-refractivity contribution in [1.82, 2.24) is 0 Å². The lowest BCUT2D eigenvalue weighted by molar-refractivity contribution is 0.289. The van der Waals surface area contributed by atoms with Gasteiger partial charge in [-0.3, -0.25) is 0 Å². The Hall–Kier alpha value is -2.16. The van der Waals surface area contributed by atoms with Crippen LogP contribution in [0.3, 0.4) is 0 Å². The molecule has 0 fully saturated rings. The van der Waals surface area contributed by atoms with E-state index in [2.05, 4.69) is 66.5 Å². The van der Waals surface area contributed by atoms with E-state index in [-0.39, 0.29) is 0 Å². The maximum Gasteiger partial charge on any atom is 0.121 e. The van der Waals surface area contributed by atoms with Crippen molar-refractivity contribution in [2.75, 3.05) is 36.5 Å². The summed E-state index contributed by atoms with van der Waals surface area (Å²) in [5, 5.41) is 3.54. The maximum absolute atomic E-state index is 5.85. The predicted octanol–water partition coefficient (Wildman–Crippen LogP) is 4.98. The third kappa shape index (κ3) is 5.15. The second-order valence-electron chi connectivity index (χ2n) is 7.20. The fourth-order valence-electron chi connectivity index (χ4n) is 3.29. The van der Waals surface area contributed by atoms with Crippen molar-refractivity contribution in [2.24, 2.45) is 5.92 Å². The van der Waals surface area contributed by atoms with Gasteiger partial charge in [0.15, 0.2) is 0 Å². The van der Waals surface area contributed by atoms with Gasteiger partial charge in [-0.05, 0) is 48.9 Å². The van der Waals surface area contributed by atoms with Gasteiger partial charge in [0, 0.05) is 37.1 Å². The smallest absolute Gasteiger partial charge is 0.121 e. The van der Waals surface area contributed by atoms with Crippen LogP contribution in [0.15, 0.2) is 48.5 Å². The quantitative estimate of drug-likeness (QED) is 0.735. The Morgan fingerprint density at radius 2 is 2.00 bits per heavy atom. The first-order valence-corrected chi connectivity index (χ1v) is 9.52. The zero-order chi connectivity index (χ0) is 17.5. The van der Waals surface area contributed by atoms with Crippen molar-refractivity contribution in [3.8, 4) is 5.75 Å². The fourth-order valence-corrected chi connectivity index (χ4v) is 3.29. The number of fused-ring (bicyclic) bond motifs is 1. The highest BCUT2D eigenvalue weighted by molar-refractivity contribution is 5.56. The Morgan fingerprint density at radius 3 is 2.88 bits per heavy atom. The van der Waals surface area contributed by atoms with Gasteiger partial charge in [0.1, 0.15) is 5.75 Å². The van der Waals surface area contributed by atoms with Crippen molar-refractivity contribution in [3.63, 3.8) is 0 Å². The van der Waals surface area contributed by atoms with Gasteiger partial charge in [-0.25, -0.2) is 0 Å². The summed E-state index contributed by atoms with van der Waals surface area (Å²) in [5.74, 6) is 1.63. The Morgan fingerprint density at radius 1 is 1.12 bits per heavy atom. The van der Waals surface area contributed by atoms with E-state index in [1.807, 2.05) is 6.07 Å². The lowest BCUT2D eigenvalue weighted by atomic mass is 10.0. The maximum atomic E-state index is 5.85. The van der Waals surface area contributed by atoms with E-state index in [4.69, 9.17) is 4.74 Å². The molecule has 1 heterocycles. The summed E-state index contributed by atoms with van der Waals surface area (Å²) in [5.41, 5.74) is 4.02. The Kier molecular flexibility index (Phi) is 6.21. The third-order valence-corrected chi connectivity index (χ3v) is 4.72. The van der Waals surface area contributed by atoms with Crippen LogP contribution in [-0.4, -0.2) is 26.2 Å². The highest BCUT2D eigenvalue weighted by Crippen LogP contribution is 2.26. The predicted molar refractivity (Wildman–Crippen MR) is 107 cm³/mol. The van der Waals surface area contributed by atoms with Crippen molar-refractivity contribution in [1.29, 1.82) is 0 Å². The van der Waals surface area contributed by atoms with Gasteiger partial charge in [0.25, 0.3) is 0 Å². The van der Waals surface area contributed by atoms with Crippen LogP contribution in [-0.2, 0) is 6.42 Å². The molecule has 0 unspecified atom stereocenters. The van der Waals surface area contributed by atoms with Gasteiger partial charge >= 0.3 is 0 Å². The lowest BCUT2D eigenvalue weighted by Crippen LogP contribution is -2.33. The van der Waals surface area contributed by atoms with Crippen LogP contribution in [0.4, 0.5) is 11.4 Å². The van der Waals surface area contributed by atoms with Crippen molar-refractivity contribution < 1.29 is 4.74 Å².